The van der Waals surface area contributed by atoms with Crippen LogP contribution in [0.15, 0.2) is 11.0 Å². The van der Waals surface area contributed by atoms with E-state index in [-0.39, 0.29) is 5.88 Å². The summed E-state index contributed by atoms with van der Waals surface area (Å²) in [6.07, 6.45) is 1.03. The van der Waals surface area contributed by atoms with Crippen LogP contribution in [0.2, 0.25) is 0 Å². The van der Waals surface area contributed by atoms with Crippen molar-refractivity contribution in [2.75, 3.05) is 0 Å². The van der Waals surface area contributed by atoms with Crippen molar-refractivity contribution in [3.63, 3.8) is 0 Å². The molecule has 0 aromatic carbocycles. The number of aromatic hydroxyl groups is 1. The number of H-pyrrole nitrogens is 1. The Bertz CT molecular complexity index is 309. The van der Waals surface area contributed by atoms with Crippen molar-refractivity contribution in [2.45, 2.75) is 6.92 Å². The standard InChI is InChI=1S/C5H6N2O3/c1-3(8)7-2-4(9)6-5(7)10/h2,9H,1H3,(H,6,10). The van der Waals surface area contributed by atoms with Crippen LogP contribution in [0.5, 0.6) is 5.88 Å². The van der Waals surface area contributed by atoms with Crippen molar-refractivity contribution in [3.05, 3.63) is 16.7 Å². The Balaban J connectivity index is 3.29. The minimum atomic E-state index is -0.620. The first kappa shape index (κ1) is 6.60. The highest BCUT2D eigenvalue weighted by Crippen LogP contribution is 1.96. The molecule has 5 heteroatoms. The zero-order chi connectivity index (χ0) is 7.72. The van der Waals surface area contributed by atoms with Crippen LogP contribution in [0.4, 0.5) is 0 Å². The Morgan fingerprint density at radius 2 is 2.40 bits per heavy atom. The van der Waals surface area contributed by atoms with E-state index in [1.807, 2.05) is 4.98 Å². The number of carbonyl (C=O) groups excluding carboxylic acids is 1. The molecule has 0 bridgehead atoms. The molecule has 1 aromatic heterocycles. The van der Waals surface area contributed by atoms with Gasteiger partial charge in [0.05, 0.1) is 6.20 Å². The molecule has 0 radical (unpaired) electrons. The van der Waals surface area contributed by atoms with Gasteiger partial charge >= 0.3 is 5.69 Å². The average Bonchev–Trinajstić information content (AvgIpc) is 2.10. The van der Waals surface area contributed by atoms with E-state index >= 15 is 0 Å². The lowest BCUT2D eigenvalue weighted by molar-refractivity contribution is 0.0932. The van der Waals surface area contributed by atoms with Crippen LogP contribution in [0.1, 0.15) is 11.7 Å². The third-order valence-corrected chi connectivity index (χ3v) is 1.04. The summed E-state index contributed by atoms with van der Waals surface area (Å²) in [5.74, 6) is -0.734. The van der Waals surface area contributed by atoms with E-state index < -0.39 is 11.6 Å². The van der Waals surface area contributed by atoms with Gasteiger partial charge in [0.15, 0.2) is 0 Å². The summed E-state index contributed by atoms with van der Waals surface area (Å²) >= 11 is 0. The lowest BCUT2D eigenvalue weighted by Crippen LogP contribution is -2.20. The molecule has 0 saturated heterocycles. The van der Waals surface area contributed by atoms with Crippen molar-refractivity contribution >= 4 is 5.91 Å². The van der Waals surface area contributed by atoms with Gasteiger partial charge in [-0.2, -0.15) is 0 Å². The van der Waals surface area contributed by atoms with Crippen molar-refractivity contribution in [3.8, 4) is 5.88 Å². The molecule has 0 saturated carbocycles. The number of nitrogens with zero attached hydrogens (tertiary/aromatic N) is 1. The zero-order valence-electron chi connectivity index (χ0n) is 5.29. The van der Waals surface area contributed by atoms with E-state index in [0.29, 0.717) is 0 Å². The zero-order valence-corrected chi connectivity index (χ0v) is 5.29. The van der Waals surface area contributed by atoms with Gasteiger partial charge in [0.1, 0.15) is 0 Å². The first-order valence-corrected chi connectivity index (χ1v) is 2.63. The maximum atomic E-state index is 10.6. The maximum Gasteiger partial charge on any atom is 0.335 e. The maximum absolute atomic E-state index is 10.6. The molecule has 0 unspecified atom stereocenters. The SMILES string of the molecule is CC(=O)n1cc(O)[nH]c1=O. The number of aromatic nitrogens is 2. The number of rotatable bonds is 0. The second-order valence-electron chi connectivity index (χ2n) is 1.83. The van der Waals surface area contributed by atoms with Crippen LogP contribution in [0, 0.1) is 0 Å². The van der Waals surface area contributed by atoms with Crippen LogP contribution < -0.4 is 5.69 Å². The van der Waals surface area contributed by atoms with Gasteiger partial charge in [0.2, 0.25) is 11.8 Å². The van der Waals surface area contributed by atoms with E-state index in [9.17, 15) is 9.59 Å². The molecule has 0 spiro atoms. The van der Waals surface area contributed by atoms with Crippen LogP contribution in [-0.4, -0.2) is 20.6 Å². The predicted molar refractivity (Wildman–Crippen MR) is 33.0 cm³/mol. The molecular formula is C5H6N2O3. The van der Waals surface area contributed by atoms with Gasteiger partial charge in [-0.05, 0) is 0 Å². The Morgan fingerprint density at radius 3 is 2.60 bits per heavy atom. The van der Waals surface area contributed by atoms with Gasteiger partial charge in [-0.25, -0.2) is 9.36 Å². The second-order valence-corrected chi connectivity index (χ2v) is 1.83. The third kappa shape index (κ3) is 0.928. The molecule has 1 aromatic rings. The lowest BCUT2D eigenvalue weighted by atomic mass is 10.7. The molecule has 2 N–H and O–H groups in total. The third-order valence-electron chi connectivity index (χ3n) is 1.04. The van der Waals surface area contributed by atoms with E-state index in [1.165, 1.54) is 6.92 Å². The van der Waals surface area contributed by atoms with Crippen LogP contribution >= 0.6 is 0 Å². The van der Waals surface area contributed by atoms with Crippen LogP contribution in [0.25, 0.3) is 0 Å². The first-order valence-electron chi connectivity index (χ1n) is 2.63. The first-order chi connectivity index (χ1) is 4.61. The number of imidazole rings is 1. The van der Waals surface area contributed by atoms with Crippen molar-refractivity contribution in [2.24, 2.45) is 0 Å². The summed E-state index contributed by atoms with van der Waals surface area (Å²) in [4.78, 5) is 23.2. The minimum Gasteiger partial charge on any atom is -0.493 e. The molecule has 0 atom stereocenters. The minimum absolute atomic E-state index is 0.305. The van der Waals surface area contributed by atoms with Gasteiger partial charge in [-0.3, -0.25) is 9.78 Å². The largest absolute Gasteiger partial charge is 0.493 e. The molecular weight excluding hydrogens is 136 g/mol. The van der Waals surface area contributed by atoms with E-state index in [2.05, 4.69) is 0 Å². The van der Waals surface area contributed by atoms with Gasteiger partial charge < -0.3 is 5.11 Å². The quantitative estimate of drug-likeness (QED) is 0.514. The van der Waals surface area contributed by atoms with Gasteiger partial charge in [0, 0.05) is 6.92 Å². The Labute approximate surface area is 55.9 Å². The van der Waals surface area contributed by atoms with Gasteiger partial charge in [-0.1, -0.05) is 0 Å². The Hall–Kier alpha value is -1.52. The van der Waals surface area contributed by atoms with Crippen LogP contribution in [0.3, 0.4) is 0 Å². The van der Waals surface area contributed by atoms with E-state index in [0.717, 1.165) is 10.8 Å². The monoisotopic (exact) mass is 142 g/mol. The van der Waals surface area contributed by atoms with Crippen LogP contribution in [-0.2, 0) is 0 Å². The molecule has 1 rings (SSSR count). The van der Waals surface area contributed by atoms with E-state index in [4.69, 9.17) is 5.11 Å². The van der Waals surface area contributed by atoms with Gasteiger partial charge in [0.25, 0.3) is 0 Å². The number of aromatic amines is 1. The van der Waals surface area contributed by atoms with Crippen molar-refractivity contribution < 1.29 is 9.90 Å². The second kappa shape index (κ2) is 2.02. The highest BCUT2D eigenvalue weighted by Gasteiger charge is 2.03. The Morgan fingerprint density at radius 1 is 1.80 bits per heavy atom. The molecule has 0 fully saturated rings. The summed E-state index contributed by atoms with van der Waals surface area (Å²) < 4.78 is 0.787. The fourth-order valence-corrected chi connectivity index (χ4v) is 0.617. The summed E-state index contributed by atoms with van der Waals surface area (Å²) in [5, 5.41) is 8.65. The average molecular weight is 142 g/mol. The molecule has 0 amide bonds. The summed E-state index contributed by atoms with van der Waals surface area (Å²) in [7, 11) is 0. The molecule has 54 valence electrons. The number of nitrogens with one attached hydrogen (secondary N) is 1. The number of hydrogen-bond donors (Lipinski definition) is 2. The summed E-state index contributed by atoms with van der Waals surface area (Å²) in [5.41, 5.74) is -0.620. The number of carbonyl (C=O) groups is 1. The molecule has 0 aliphatic rings. The summed E-state index contributed by atoms with van der Waals surface area (Å²) in [6.45, 7) is 1.23. The smallest absolute Gasteiger partial charge is 0.335 e. The normalized spacial score (nSPS) is 9.70. The molecule has 10 heavy (non-hydrogen) atoms. The Kier molecular flexibility index (Phi) is 1.33. The van der Waals surface area contributed by atoms with Gasteiger partial charge in [-0.15, -0.1) is 0 Å². The predicted octanol–water partition coefficient (Wildman–Crippen LogP) is -0.458. The fourth-order valence-electron chi connectivity index (χ4n) is 0.617. The fraction of sp³-hybridized carbons (Fsp3) is 0.200. The highest BCUT2D eigenvalue weighted by atomic mass is 16.3. The molecule has 0 aliphatic carbocycles. The lowest BCUT2D eigenvalue weighted by Gasteiger charge is -1.86. The topological polar surface area (TPSA) is 75.1 Å². The van der Waals surface area contributed by atoms with Crippen molar-refractivity contribution in [1.82, 2.24) is 9.55 Å². The molecule has 5 nitrogen and oxygen atoms in total. The van der Waals surface area contributed by atoms with Crippen molar-refractivity contribution in [1.29, 1.82) is 0 Å². The molecule has 1 heterocycles. The van der Waals surface area contributed by atoms with E-state index in [1.54, 1.807) is 0 Å². The number of hydrogen-bond acceptors (Lipinski definition) is 3. The highest BCUT2D eigenvalue weighted by molar-refractivity contribution is 5.75. The molecule has 0 aliphatic heterocycles. The summed E-state index contributed by atoms with van der Waals surface area (Å²) in [6, 6.07) is 0.